The first kappa shape index (κ1) is 21.7. The highest BCUT2D eigenvalue weighted by Crippen LogP contribution is 2.25. The standard InChI is InChI=1S/C25H26N6O3/c1-33-25(32)30-24-21-4-3-20(13-19(21)6-8-27-24)28-14-18-2-5-23(29-15-18)34-16-17-7-10-31-11-9-26-22(31)12-17/h2-6,8-9,11,13,15,17,28H,7,10,12,14,16H2,1H3,(H,27,30,32)/t17-/m0/s1. The molecule has 1 aliphatic rings. The van der Waals surface area contributed by atoms with Gasteiger partial charge in [0.25, 0.3) is 0 Å². The predicted molar refractivity (Wildman–Crippen MR) is 129 cm³/mol. The van der Waals surface area contributed by atoms with E-state index in [1.165, 1.54) is 7.11 Å². The number of carbonyl (C=O) groups is 1. The topological polar surface area (TPSA) is 103 Å². The Balaban J connectivity index is 1.15. The van der Waals surface area contributed by atoms with Gasteiger partial charge in [0.15, 0.2) is 0 Å². The Morgan fingerprint density at radius 1 is 1.15 bits per heavy atom. The van der Waals surface area contributed by atoms with Crippen molar-refractivity contribution in [2.45, 2.75) is 25.9 Å². The number of rotatable bonds is 7. The van der Waals surface area contributed by atoms with E-state index in [0.29, 0.717) is 30.8 Å². The number of nitrogens with one attached hydrogen (secondary N) is 2. The number of nitrogens with zero attached hydrogens (tertiary/aromatic N) is 4. The lowest BCUT2D eigenvalue weighted by Gasteiger charge is -2.23. The van der Waals surface area contributed by atoms with Crippen LogP contribution in [0.5, 0.6) is 5.88 Å². The maximum absolute atomic E-state index is 11.5. The fourth-order valence-electron chi connectivity index (χ4n) is 4.10. The zero-order chi connectivity index (χ0) is 23.3. The number of anilines is 2. The predicted octanol–water partition coefficient (Wildman–Crippen LogP) is 4.26. The number of aromatic nitrogens is 4. The minimum atomic E-state index is -0.548. The van der Waals surface area contributed by atoms with E-state index in [0.717, 1.165) is 47.2 Å². The lowest BCUT2D eigenvalue weighted by Crippen LogP contribution is -2.24. The van der Waals surface area contributed by atoms with Crippen molar-refractivity contribution in [1.82, 2.24) is 19.5 Å². The van der Waals surface area contributed by atoms with E-state index in [4.69, 9.17) is 4.74 Å². The molecule has 5 rings (SSSR count). The second kappa shape index (κ2) is 9.78. The molecule has 34 heavy (non-hydrogen) atoms. The maximum atomic E-state index is 11.5. The number of pyridine rings is 2. The van der Waals surface area contributed by atoms with E-state index in [-0.39, 0.29) is 0 Å². The molecule has 9 heteroatoms. The van der Waals surface area contributed by atoms with E-state index in [1.54, 1.807) is 6.20 Å². The molecular weight excluding hydrogens is 432 g/mol. The van der Waals surface area contributed by atoms with Gasteiger partial charge in [-0.05, 0) is 41.6 Å². The number of fused-ring (bicyclic) bond motifs is 2. The van der Waals surface area contributed by atoms with Crippen LogP contribution in [-0.2, 0) is 24.2 Å². The van der Waals surface area contributed by atoms with Crippen LogP contribution in [0.4, 0.5) is 16.3 Å². The number of hydrogen-bond donors (Lipinski definition) is 2. The molecule has 0 spiro atoms. The van der Waals surface area contributed by atoms with Crippen LogP contribution in [-0.4, -0.2) is 39.3 Å². The van der Waals surface area contributed by atoms with Gasteiger partial charge >= 0.3 is 6.09 Å². The third-order valence-corrected chi connectivity index (χ3v) is 5.98. The van der Waals surface area contributed by atoms with Crippen molar-refractivity contribution >= 4 is 28.4 Å². The summed E-state index contributed by atoms with van der Waals surface area (Å²) in [6.07, 6.45) is 8.87. The van der Waals surface area contributed by atoms with Gasteiger partial charge in [-0.15, -0.1) is 0 Å². The van der Waals surface area contributed by atoms with Crippen LogP contribution in [0, 0.1) is 5.92 Å². The van der Waals surface area contributed by atoms with Crippen LogP contribution in [0.2, 0.25) is 0 Å². The summed E-state index contributed by atoms with van der Waals surface area (Å²) in [5.74, 6) is 2.70. The normalized spacial score (nSPS) is 14.9. The molecule has 174 valence electrons. The van der Waals surface area contributed by atoms with E-state index in [2.05, 4.69) is 34.9 Å². The molecule has 0 saturated carbocycles. The van der Waals surface area contributed by atoms with E-state index < -0.39 is 6.09 Å². The van der Waals surface area contributed by atoms with Crippen molar-refractivity contribution in [1.29, 1.82) is 0 Å². The van der Waals surface area contributed by atoms with Crippen molar-refractivity contribution < 1.29 is 14.3 Å². The molecule has 0 bridgehead atoms. The van der Waals surface area contributed by atoms with Crippen molar-refractivity contribution in [3.05, 3.63) is 72.6 Å². The number of benzene rings is 1. The molecule has 0 unspecified atom stereocenters. The number of methoxy groups -OCH3 is 1. The molecule has 0 fully saturated rings. The SMILES string of the molecule is COC(=O)Nc1nccc2cc(NCc3ccc(OC[C@H]4CCn5ccnc5C4)nc3)ccc12. The summed E-state index contributed by atoms with van der Waals surface area (Å²) in [6.45, 7) is 2.27. The highest BCUT2D eigenvalue weighted by Gasteiger charge is 2.19. The zero-order valence-corrected chi connectivity index (χ0v) is 18.9. The van der Waals surface area contributed by atoms with Gasteiger partial charge in [-0.25, -0.2) is 19.7 Å². The molecule has 1 amide bonds. The highest BCUT2D eigenvalue weighted by atomic mass is 16.5. The minimum absolute atomic E-state index is 0.462. The summed E-state index contributed by atoms with van der Waals surface area (Å²) in [5, 5.41) is 7.84. The number of carbonyl (C=O) groups excluding carboxylic acids is 1. The Kier molecular flexibility index (Phi) is 6.24. The summed E-state index contributed by atoms with van der Waals surface area (Å²) in [5.41, 5.74) is 2.01. The molecule has 2 N–H and O–H groups in total. The third kappa shape index (κ3) is 4.93. The van der Waals surface area contributed by atoms with Crippen molar-refractivity contribution in [2.24, 2.45) is 5.92 Å². The van der Waals surface area contributed by atoms with Crippen molar-refractivity contribution in [3.8, 4) is 5.88 Å². The molecule has 0 aliphatic carbocycles. The Labute approximate surface area is 197 Å². The average molecular weight is 459 g/mol. The fourth-order valence-corrected chi connectivity index (χ4v) is 4.10. The largest absolute Gasteiger partial charge is 0.477 e. The Hall–Kier alpha value is -4.14. The van der Waals surface area contributed by atoms with Crippen LogP contribution in [0.3, 0.4) is 0 Å². The summed E-state index contributed by atoms with van der Waals surface area (Å²) in [6, 6.07) is 11.7. The number of ether oxygens (including phenoxy) is 2. The zero-order valence-electron chi connectivity index (χ0n) is 18.9. The van der Waals surface area contributed by atoms with Gasteiger partial charge in [0.2, 0.25) is 5.88 Å². The molecule has 0 saturated heterocycles. The third-order valence-electron chi connectivity index (χ3n) is 5.98. The smallest absolute Gasteiger partial charge is 0.412 e. The van der Waals surface area contributed by atoms with Crippen molar-refractivity contribution in [3.63, 3.8) is 0 Å². The maximum Gasteiger partial charge on any atom is 0.412 e. The molecule has 1 aromatic carbocycles. The van der Waals surface area contributed by atoms with Crippen LogP contribution >= 0.6 is 0 Å². The monoisotopic (exact) mass is 458 g/mol. The molecule has 4 heterocycles. The lowest BCUT2D eigenvalue weighted by molar-refractivity contribution is 0.187. The Bertz CT molecular complexity index is 1290. The first-order chi connectivity index (χ1) is 16.7. The van der Waals surface area contributed by atoms with Gasteiger partial charge in [-0.3, -0.25) is 5.32 Å². The molecular formula is C25H26N6O3. The molecule has 3 aromatic heterocycles. The summed E-state index contributed by atoms with van der Waals surface area (Å²) in [7, 11) is 1.32. The molecule has 0 radical (unpaired) electrons. The van der Waals surface area contributed by atoms with Crippen LogP contribution in [0.1, 0.15) is 17.8 Å². The highest BCUT2D eigenvalue weighted by molar-refractivity contribution is 5.99. The van der Waals surface area contributed by atoms with E-state index in [9.17, 15) is 4.79 Å². The first-order valence-corrected chi connectivity index (χ1v) is 11.2. The summed E-state index contributed by atoms with van der Waals surface area (Å²) in [4.78, 5) is 24.6. The summed E-state index contributed by atoms with van der Waals surface area (Å²) >= 11 is 0. The Morgan fingerprint density at radius 3 is 2.94 bits per heavy atom. The van der Waals surface area contributed by atoms with Crippen LogP contribution < -0.4 is 15.4 Å². The van der Waals surface area contributed by atoms with Crippen molar-refractivity contribution in [2.75, 3.05) is 24.4 Å². The van der Waals surface area contributed by atoms with Gasteiger partial charge in [0, 0.05) is 67.4 Å². The second-order valence-corrected chi connectivity index (χ2v) is 8.28. The molecule has 1 atom stereocenters. The van der Waals surface area contributed by atoms with Gasteiger partial charge in [0.1, 0.15) is 11.6 Å². The molecule has 1 aliphatic heterocycles. The summed E-state index contributed by atoms with van der Waals surface area (Å²) < 4.78 is 12.8. The molecule has 9 nitrogen and oxygen atoms in total. The lowest BCUT2D eigenvalue weighted by atomic mass is 9.99. The quantitative estimate of drug-likeness (QED) is 0.427. The average Bonchev–Trinajstić information content (AvgIpc) is 3.35. The number of amides is 1. The minimum Gasteiger partial charge on any atom is -0.477 e. The fraction of sp³-hybridized carbons (Fsp3) is 0.280. The second-order valence-electron chi connectivity index (χ2n) is 8.28. The number of hydrogen-bond acceptors (Lipinski definition) is 7. The number of imidazole rings is 1. The molecule has 4 aromatic rings. The van der Waals surface area contributed by atoms with Crippen LogP contribution in [0.15, 0.2) is 61.2 Å². The van der Waals surface area contributed by atoms with E-state index >= 15 is 0 Å². The first-order valence-electron chi connectivity index (χ1n) is 11.2. The van der Waals surface area contributed by atoms with Gasteiger partial charge in [-0.2, -0.15) is 0 Å². The van der Waals surface area contributed by atoms with Gasteiger partial charge < -0.3 is 19.4 Å². The van der Waals surface area contributed by atoms with Gasteiger partial charge in [-0.1, -0.05) is 6.07 Å². The Morgan fingerprint density at radius 2 is 2.09 bits per heavy atom. The number of aryl methyl sites for hydroxylation is 1. The van der Waals surface area contributed by atoms with Gasteiger partial charge in [0.05, 0.1) is 13.7 Å². The van der Waals surface area contributed by atoms with E-state index in [1.807, 2.05) is 55.0 Å². The van der Waals surface area contributed by atoms with Crippen LogP contribution in [0.25, 0.3) is 10.8 Å².